The molecule has 0 fully saturated rings. The summed E-state index contributed by atoms with van der Waals surface area (Å²) in [7, 11) is 0. The van der Waals surface area contributed by atoms with Crippen LogP contribution in [-0.4, -0.2) is 27.8 Å². The van der Waals surface area contributed by atoms with E-state index in [0.29, 0.717) is 23.0 Å². The molecule has 27 heavy (non-hydrogen) atoms. The molecule has 7 nitrogen and oxygen atoms in total. The Bertz CT molecular complexity index is 953. The fourth-order valence-electron chi connectivity index (χ4n) is 2.23. The molecule has 0 spiro atoms. The zero-order valence-electron chi connectivity index (χ0n) is 14.2. The fraction of sp³-hybridized carbons (Fsp3) is 0.167. The van der Waals surface area contributed by atoms with Crippen LogP contribution in [0.25, 0.3) is 0 Å². The van der Waals surface area contributed by atoms with Gasteiger partial charge in [-0.1, -0.05) is 29.3 Å². The zero-order chi connectivity index (χ0) is 19.4. The van der Waals surface area contributed by atoms with Crippen molar-refractivity contribution < 1.29 is 18.7 Å². The van der Waals surface area contributed by atoms with E-state index in [2.05, 4.69) is 10.4 Å². The third kappa shape index (κ3) is 4.69. The van der Waals surface area contributed by atoms with Gasteiger partial charge in [0.25, 0.3) is 5.91 Å². The molecule has 1 amide bonds. The topological polar surface area (TPSA) is 86.4 Å². The van der Waals surface area contributed by atoms with Crippen LogP contribution in [0.3, 0.4) is 0 Å². The lowest BCUT2D eigenvalue weighted by atomic mass is 10.3. The van der Waals surface area contributed by atoms with Crippen LogP contribution in [0.15, 0.2) is 53.2 Å². The van der Waals surface area contributed by atoms with Gasteiger partial charge in [0.05, 0.1) is 22.3 Å². The summed E-state index contributed by atoms with van der Waals surface area (Å²) in [4.78, 5) is 24.4. The molecular weight excluding hydrogens is 393 g/mol. The SMILES string of the molecule is CC(OC(=O)c1ccc(Cn2cccn2)o1)C(=O)Nc1cccc(Cl)c1Cl. The molecule has 1 aromatic carbocycles. The van der Waals surface area contributed by atoms with Crippen LogP contribution in [-0.2, 0) is 16.1 Å². The predicted octanol–water partition coefficient (Wildman–Crippen LogP) is 4.02. The van der Waals surface area contributed by atoms with Crippen molar-refractivity contribution in [1.29, 1.82) is 0 Å². The maximum absolute atomic E-state index is 12.2. The Morgan fingerprint density at radius 3 is 2.81 bits per heavy atom. The van der Waals surface area contributed by atoms with Crippen molar-refractivity contribution in [2.75, 3.05) is 5.32 Å². The third-order valence-corrected chi connectivity index (χ3v) is 4.42. The number of benzene rings is 1. The lowest BCUT2D eigenvalue weighted by molar-refractivity contribution is -0.123. The lowest BCUT2D eigenvalue weighted by Gasteiger charge is -2.13. The quantitative estimate of drug-likeness (QED) is 0.623. The predicted molar refractivity (Wildman–Crippen MR) is 100 cm³/mol. The summed E-state index contributed by atoms with van der Waals surface area (Å²) in [6.45, 7) is 1.82. The van der Waals surface area contributed by atoms with Crippen molar-refractivity contribution in [3.05, 3.63) is 70.4 Å². The van der Waals surface area contributed by atoms with E-state index in [1.807, 2.05) is 0 Å². The molecule has 0 saturated heterocycles. The molecule has 0 aliphatic rings. The van der Waals surface area contributed by atoms with Crippen LogP contribution in [0.5, 0.6) is 0 Å². The lowest BCUT2D eigenvalue weighted by Crippen LogP contribution is -2.30. The van der Waals surface area contributed by atoms with E-state index in [4.69, 9.17) is 32.4 Å². The molecule has 3 aromatic rings. The monoisotopic (exact) mass is 407 g/mol. The molecule has 0 radical (unpaired) electrons. The van der Waals surface area contributed by atoms with Crippen molar-refractivity contribution >= 4 is 40.8 Å². The Morgan fingerprint density at radius 1 is 1.26 bits per heavy atom. The van der Waals surface area contributed by atoms with Gasteiger partial charge in [-0.05, 0) is 37.3 Å². The number of hydrogen-bond acceptors (Lipinski definition) is 5. The Hall–Kier alpha value is -2.77. The number of aromatic nitrogens is 2. The molecule has 0 saturated carbocycles. The normalized spacial score (nSPS) is 11.8. The van der Waals surface area contributed by atoms with Crippen molar-refractivity contribution in [3.8, 4) is 0 Å². The molecule has 1 atom stereocenters. The molecule has 1 N–H and O–H groups in total. The number of carbonyl (C=O) groups excluding carboxylic acids is 2. The number of hydrogen-bond donors (Lipinski definition) is 1. The van der Waals surface area contributed by atoms with Gasteiger partial charge in [0, 0.05) is 12.4 Å². The number of rotatable bonds is 6. The number of carbonyl (C=O) groups is 2. The van der Waals surface area contributed by atoms with E-state index >= 15 is 0 Å². The van der Waals surface area contributed by atoms with Gasteiger partial charge in [-0.3, -0.25) is 9.48 Å². The summed E-state index contributed by atoms with van der Waals surface area (Å²) in [5.41, 5.74) is 0.330. The van der Waals surface area contributed by atoms with Gasteiger partial charge in [-0.2, -0.15) is 5.10 Å². The number of esters is 1. The molecule has 0 bridgehead atoms. The third-order valence-electron chi connectivity index (χ3n) is 3.60. The van der Waals surface area contributed by atoms with E-state index in [0.717, 1.165) is 0 Å². The van der Waals surface area contributed by atoms with Crippen LogP contribution >= 0.6 is 23.2 Å². The number of nitrogens with one attached hydrogen (secondary N) is 1. The largest absolute Gasteiger partial charge is 0.452 e. The van der Waals surface area contributed by atoms with Crippen LogP contribution in [0.2, 0.25) is 10.0 Å². The maximum atomic E-state index is 12.2. The van der Waals surface area contributed by atoms with Crippen LogP contribution in [0.1, 0.15) is 23.2 Å². The summed E-state index contributed by atoms with van der Waals surface area (Å²) < 4.78 is 12.2. The summed E-state index contributed by atoms with van der Waals surface area (Å²) in [6.07, 6.45) is 2.35. The minimum absolute atomic E-state index is 0.00223. The first-order valence-corrected chi connectivity index (χ1v) is 8.71. The van der Waals surface area contributed by atoms with Gasteiger partial charge in [0.2, 0.25) is 5.76 Å². The standard InChI is InChI=1S/C18H15Cl2N3O4/c1-11(17(24)22-14-5-2-4-13(19)16(14)20)26-18(25)15-7-6-12(27-15)10-23-9-3-8-21-23/h2-9,11H,10H2,1H3,(H,22,24). The highest BCUT2D eigenvalue weighted by molar-refractivity contribution is 6.44. The maximum Gasteiger partial charge on any atom is 0.375 e. The van der Waals surface area contributed by atoms with Gasteiger partial charge < -0.3 is 14.5 Å². The Morgan fingerprint density at radius 2 is 2.07 bits per heavy atom. The minimum Gasteiger partial charge on any atom is -0.452 e. The number of nitrogens with zero attached hydrogens (tertiary/aromatic N) is 2. The average Bonchev–Trinajstić information content (AvgIpc) is 3.31. The zero-order valence-corrected chi connectivity index (χ0v) is 15.7. The molecule has 0 aliphatic heterocycles. The fourth-order valence-corrected chi connectivity index (χ4v) is 2.58. The van der Waals surface area contributed by atoms with E-state index in [-0.39, 0.29) is 10.8 Å². The Balaban J connectivity index is 1.59. The second-order valence-electron chi connectivity index (χ2n) is 5.61. The van der Waals surface area contributed by atoms with Gasteiger partial charge in [-0.25, -0.2) is 4.79 Å². The highest BCUT2D eigenvalue weighted by atomic mass is 35.5. The first-order valence-electron chi connectivity index (χ1n) is 7.96. The average molecular weight is 408 g/mol. The number of furan rings is 1. The molecule has 9 heteroatoms. The van der Waals surface area contributed by atoms with Crippen LogP contribution < -0.4 is 5.32 Å². The summed E-state index contributed by atoms with van der Waals surface area (Å²) in [5.74, 6) is -0.761. The molecule has 2 aromatic heterocycles. The van der Waals surface area contributed by atoms with Crippen LogP contribution in [0, 0.1) is 0 Å². The Labute approximate surface area is 164 Å². The van der Waals surface area contributed by atoms with Gasteiger partial charge in [0.1, 0.15) is 5.76 Å². The molecule has 140 valence electrons. The second-order valence-corrected chi connectivity index (χ2v) is 6.39. The van der Waals surface area contributed by atoms with Crippen molar-refractivity contribution in [2.24, 2.45) is 0 Å². The second kappa shape index (κ2) is 8.28. The molecule has 2 heterocycles. The smallest absolute Gasteiger partial charge is 0.375 e. The number of anilines is 1. The van der Waals surface area contributed by atoms with Crippen LogP contribution in [0.4, 0.5) is 5.69 Å². The van der Waals surface area contributed by atoms with Crippen molar-refractivity contribution in [1.82, 2.24) is 9.78 Å². The van der Waals surface area contributed by atoms with E-state index in [1.165, 1.54) is 13.0 Å². The van der Waals surface area contributed by atoms with Gasteiger partial charge in [0.15, 0.2) is 6.10 Å². The first kappa shape index (κ1) is 19.0. The van der Waals surface area contributed by atoms with Crippen molar-refractivity contribution in [3.63, 3.8) is 0 Å². The molecular formula is C18H15Cl2N3O4. The van der Waals surface area contributed by atoms with E-state index in [9.17, 15) is 9.59 Å². The number of halogens is 2. The molecule has 1 unspecified atom stereocenters. The number of amides is 1. The molecule has 0 aliphatic carbocycles. The summed E-state index contributed by atoms with van der Waals surface area (Å²) in [5, 5.41) is 7.14. The Kier molecular flexibility index (Phi) is 5.83. The van der Waals surface area contributed by atoms with E-state index in [1.54, 1.807) is 47.4 Å². The van der Waals surface area contributed by atoms with Crippen molar-refractivity contribution in [2.45, 2.75) is 19.6 Å². The summed E-state index contributed by atoms with van der Waals surface area (Å²) in [6, 6.07) is 9.75. The highest BCUT2D eigenvalue weighted by Crippen LogP contribution is 2.29. The van der Waals surface area contributed by atoms with Gasteiger partial charge >= 0.3 is 5.97 Å². The first-order chi connectivity index (χ1) is 12.9. The highest BCUT2D eigenvalue weighted by Gasteiger charge is 2.22. The van der Waals surface area contributed by atoms with Gasteiger partial charge in [-0.15, -0.1) is 0 Å². The number of ether oxygens (including phenoxy) is 1. The summed E-state index contributed by atoms with van der Waals surface area (Å²) >= 11 is 11.9. The minimum atomic E-state index is -1.06. The van der Waals surface area contributed by atoms with E-state index < -0.39 is 18.0 Å². The molecule has 3 rings (SSSR count).